The number of aromatic nitrogens is 2. The molecule has 70 valence electrons. The normalized spacial score (nSPS) is 10.0. The topological polar surface area (TPSA) is 76.2 Å². The number of rotatable bonds is 2. The highest BCUT2D eigenvalue weighted by molar-refractivity contribution is 5.94. The summed E-state index contributed by atoms with van der Waals surface area (Å²) < 4.78 is 5.00. The molecule has 0 fully saturated rings. The third kappa shape index (κ3) is 1.35. The Morgan fingerprint density at radius 3 is 2.93 bits per heavy atom. The second kappa shape index (κ2) is 3.29. The number of aromatic carboxylic acids is 1. The van der Waals surface area contributed by atoms with Crippen LogP contribution in [0.1, 0.15) is 10.4 Å². The molecule has 2 heterocycles. The minimum atomic E-state index is -1.03. The van der Waals surface area contributed by atoms with Crippen LogP contribution in [-0.2, 0) is 0 Å². The summed E-state index contributed by atoms with van der Waals surface area (Å²) in [6.45, 7) is 0. The monoisotopic (exact) mass is 190 g/mol. The minimum absolute atomic E-state index is 0.127. The lowest BCUT2D eigenvalue weighted by Crippen LogP contribution is -1.99. The summed E-state index contributed by atoms with van der Waals surface area (Å²) in [7, 11) is 0. The van der Waals surface area contributed by atoms with Crippen molar-refractivity contribution in [3.8, 4) is 11.5 Å². The van der Waals surface area contributed by atoms with E-state index in [2.05, 4.69) is 9.97 Å². The van der Waals surface area contributed by atoms with Crippen molar-refractivity contribution in [1.82, 2.24) is 9.97 Å². The Labute approximate surface area is 79.0 Å². The lowest BCUT2D eigenvalue weighted by molar-refractivity contribution is 0.0697. The summed E-state index contributed by atoms with van der Waals surface area (Å²) in [4.78, 5) is 18.5. The maximum atomic E-state index is 10.8. The highest BCUT2D eigenvalue weighted by atomic mass is 16.4. The second-order valence-electron chi connectivity index (χ2n) is 2.56. The molecule has 0 aliphatic rings. The van der Waals surface area contributed by atoms with Crippen LogP contribution in [-0.4, -0.2) is 21.0 Å². The number of carbonyl (C=O) groups is 1. The van der Waals surface area contributed by atoms with E-state index in [1.54, 1.807) is 0 Å². The van der Waals surface area contributed by atoms with Gasteiger partial charge in [-0.1, -0.05) is 0 Å². The molecule has 0 spiro atoms. The number of oxazole rings is 1. The van der Waals surface area contributed by atoms with Crippen molar-refractivity contribution >= 4 is 5.97 Å². The van der Waals surface area contributed by atoms with E-state index < -0.39 is 5.97 Å². The molecule has 0 aromatic carbocycles. The average Bonchev–Trinajstić information content (AvgIpc) is 2.70. The molecule has 0 amide bonds. The van der Waals surface area contributed by atoms with Crippen LogP contribution < -0.4 is 0 Å². The zero-order valence-electron chi connectivity index (χ0n) is 7.04. The lowest BCUT2D eigenvalue weighted by Gasteiger charge is -1.99. The molecule has 0 bridgehead atoms. The fourth-order valence-corrected chi connectivity index (χ4v) is 1.11. The Bertz CT molecular complexity index is 451. The Balaban J connectivity index is 2.58. The van der Waals surface area contributed by atoms with Crippen LogP contribution in [0.25, 0.3) is 11.5 Å². The smallest absolute Gasteiger partial charge is 0.336 e. The van der Waals surface area contributed by atoms with E-state index in [0.29, 0.717) is 5.56 Å². The molecule has 5 nitrogen and oxygen atoms in total. The van der Waals surface area contributed by atoms with Crippen molar-refractivity contribution in [2.24, 2.45) is 0 Å². The summed E-state index contributed by atoms with van der Waals surface area (Å²) in [5.41, 5.74) is 0.507. The van der Waals surface area contributed by atoms with Crippen molar-refractivity contribution < 1.29 is 14.3 Å². The van der Waals surface area contributed by atoms with Crippen LogP contribution in [0, 0.1) is 0 Å². The minimum Gasteiger partial charge on any atom is -0.478 e. The average molecular weight is 190 g/mol. The summed E-state index contributed by atoms with van der Waals surface area (Å²) >= 11 is 0. The van der Waals surface area contributed by atoms with Gasteiger partial charge in [0, 0.05) is 12.4 Å². The van der Waals surface area contributed by atoms with Gasteiger partial charge in [-0.15, -0.1) is 0 Å². The van der Waals surface area contributed by atoms with Gasteiger partial charge in [0.1, 0.15) is 6.26 Å². The predicted octanol–water partition coefficient (Wildman–Crippen LogP) is 1.43. The SMILES string of the molecule is O=C(O)c1ccncc1-c1ncco1. The van der Waals surface area contributed by atoms with Crippen LogP contribution in [0.3, 0.4) is 0 Å². The van der Waals surface area contributed by atoms with E-state index in [0.717, 1.165) is 0 Å². The lowest BCUT2D eigenvalue weighted by atomic mass is 10.1. The quantitative estimate of drug-likeness (QED) is 0.775. The van der Waals surface area contributed by atoms with Gasteiger partial charge in [0.05, 0.1) is 17.3 Å². The van der Waals surface area contributed by atoms with Crippen LogP contribution in [0.15, 0.2) is 35.3 Å². The predicted molar refractivity (Wildman–Crippen MR) is 46.7 cm³/mol. The van der Waals surface area contributed by atoms with Crippen molar-refractivity contribution in [3.05, 3.63) is 36.5 Å². The Hall–Kier alpha value is -2.17. The summed E-state index contributed by atoms with van der Waals surface area (Å²) in [6.07, 6.45) is 5.66. The molecule has 1 N–H and O–H groups in total. The van der Waals surface area contributed by atoms with Crippen LogP contribution in [0.2, 0.25) is 0 Å². The molecule has 0 aliphatic heterocycles. The summed E-state index contributed by atoms with van der Waals surface area (Å²) in [5.74, 6) is -0.767. The molecule has 5 heteroatoms. The van der Waals surface area contributed by atoms with Crippen LogP contribution in [0.5, 0.6) is 0 Å². The fraction of sp³-hybridized carbons (Fsp3) is 0. The standard InChI is InChI=1S/C9H6N2O3/c12-9(13)6-1-2-10-5-7(6)8-11-3-4-14-8/h1-5H,(H,12,13). The van der Waals surface area contributed by atoms with Gasteiger partial charge in [0.2, 0.25) is 5.89 Å². The first kappa shape index (κ1) is 8.43. The van der Waals surface area contributed by atoms with Crippen LogP contribution >= 0.6 is 0 Å². The van der Waals surface area contributed by atoms with Gasteiger partial charge in [-0.2, -0.15) is 0 Å². The Morgan fingerprint density at radius 2 is 2.29 bits per heavy atom. The second-order valence-corrected chi connectivity index (χ2v) is 2.56. The zero-order chi connectivity index (χ0) is 9.97. The van der Waals surface area contributed by atoms with Crippen LogP contribution in [0.4, 0.5) is 0 Å². The number of nitrogens with zero attached hydrogens (tertiary/aromatic N) is 2. The maximum Gasteiger partial charge on any atom is 0.336 e. The number of pyridine rings is 1. The van der Waals surface area contributed by atoms with Gasteiger partial charge in [-0.05, 0) is 6.07 Å². The number of hydrogen-bond donors (Lipinski definition) is 1. The van der Waals surface area contributed by atoms with E-state index in [9.17, 15) is 4.79 Å². The van der Waals surface area contributed by atoms with Crippen molar-refractivity contribution in [3.63, 3.8) is 0 Å². The zero-order valence-corrected chi connectivity index (χ0v) is 7.04. The molecule has 0 unspecified atom stereocenters. The van der Waals surface area contributed by atoms with Gasteiger partial charge < -0.3 is 9.52 Å². The molecular formula is C9H6N2O3. The molecule has 2 aromatic heterocycles. The summed E-state index contributed by atoms with van der Waals surface area (Å²) in [5, 5.41) is 8.87. The first-order valence-electron chi connectivity index (χ1n) is 3.86. The Kier molecular flexibility index (Phi) is 1.98. The molecule has 0 aliphatic carbocycles. The first-order valence-corrected chi connectivity index (χ1v) is 3.86. The third-order valence-electron chi connectivity index (χ3n) is 1.71. The van der Waals surface area contributed by atoms with E-state index in [4.69, 9.17) is 9.52 Å². The Morgan fingerprint density at radius 1 is 1.43 bits per heavy atom. The molecule has 0 saturated heterocycles. The number of hydrogen-bond acceptors (Lipinski definition) is 4. The molecule has 0 saturated carbocycles. The van der Waals surface area contributed by atoms with Crippen molar-refractivity contribution in [1.29, 1.82) is 0 Å². The van der Waals surface area contributed by atoms with Crippen molar-refractivity contribution in [2.75, 3.05) is 0 Å². The van der Waals surface area contributed by atoms with Crippen molar-refractivity contribution in [2.45, 2.75) is 0 Å². The summed E-state index contributed by atoms with van der Waals surface area (Å²) in [6, 6.07) is 1.40. The molecule has 2 rings (SSSR count). The first-order chi connectivity index (χ1) is 6.79. The van der Waals surface area contributed by atoms with E-state index in [1.165, 1.54) is 30.9 Å². The van der Waals surface area contributed by atoms with Gasteiger partial charge in [0.15, 0.2) is 0 Å². The highest BCUT2D eigenvalue weighted by Crippen LogP contribution is 2.20. The van der Waals surface area contributed by atoms with E-state index in [-0.39, 0.29) is 11.5 Å². The molecule has 0 radical (unpaired) electrons. The number of carboxylic acid groups (broad SMARTS) is 1. The van der Waals surface area contributed by atoms with Gasteiger partial charge in [-0.3, -0.25) is 4.98 Å². The molecule has 0 atom stereocenters. The number of carboxylic acids is 1. The van der Waals surface area contributed by atoms with Gasteiger partial charge in [-0.25, -0.2) is 9.78 Å². The highest BCUT2D eigenvalue weighted by Gasteiger charge is 2.13. The van der Waals surface area contributed by atoms with Gasteiger partial charge >= 0.3 is 5.97 Å². The fourth-order valence-electron chi connectivity index (χ4n) is 1.11. The van der Waals surface area contributed by atoms with E-state index >= 15 is 0 Å². The molecular weight excluding hydrogens is 184 g/mol. The molecule has 14 heavy (non-hydrogen) atoms. The van der Waals surface area contributed by atoms with E-state index in [1.807, 2.05) is 0 Å². The molecule has 2 aromatic rings. The van der Waals surface area contributed by atoms with Gasteiger partial charge in [0.25, 0.3) is 0 Å². The third-order valence-corrected chi connectivity index (χ3v) is 1.71. The maximum absolute atomic E-state index is 10.8. The largest absolute Gasteiger partial charge is 0.478 e.